The van der Waals surface area contributed by atoms with E-state index in [-0.39, 0.29) is 41.7 Å². The fourth-order valence-corrected chi connectivity index (χ4v) is 4.25. The topological polar surface area (TPSA) is 52.6 Å². The molecule has 1 fully saturated rings. The van der Waals surface area contributed by atoms with Crippen molar-refractivity contribution in [3.63, 3.8) is 0 Å². The average molecular weight is 383 g/mol. The zero-order chi connectivity index (χ0) is 20.6. The van der Waals surface area contributed by atoms with E-state index >= 15 is 0 Å². The SMILES string of the molecule is CCCCC(CC)C(=O)OCC(C)(C)C1OC(=O)C(CCCC)C(C)C1C. The fraction of sp³-hybridized carbons (Fsp3) is 0.913. The molecule has 5 unspecified atom stereocenters. The molecule has 0 aliphatic carbocycles. The maximum absolute atomic E-state index is 12.6. The van der Waals surface area contributed by atoms with Crippen LogP contribution in [0, 0.1) is 29.1 Å². The Hall–Kier alpha value is -1.06. The lowest BCUT2D eigenvalue weighted by Crippen LogP contribution is -2.51. The van der Waals surface area contributed by atoms with E-state index in [2.05, 4.69) is 27.7 Å². The lowest BCUT2D eigenvalue weighted by atomic mass is 9.69. The van der Waals surface area contributed by atoms with Crippen molar-refractivity contribution >= 4 is 11.9 Å². The molecule has 27 heavy (non-hydrogen) atoms. The highest BCUT2D eigenvalue weighted by atomic mass is 16.6. The molecule has 1 rings (SSSR count). The quantitative estimate of drug-likeness (QED) is 0.425. The molecule has 0 amide bonds. The summed E-state index contributed by atoms with van der Waals surface area (Å²) in [4.78, 5) is 25.1. The third-order valence-corrected chi connectivity index (χ3v) is 6.45. The van der Waals surface area contributed by atoms with E-state index in [9.17, 15) is 9.59 Å². The van der Waals surface area contributed by atoms with Crippen molar-refractivity contribution in [3.8, 4) is 0 Å². The van der Waals surface area contributed by atoms with Gasteiger partial charge in [-0.1, -0.05) is 74.1 Å². The van der Waals surface area contributed by atoms with Gasteiger partial charge in [-0.15, -0.1) is 0 Å². The van der Waals surface area contributed by atoms with Crippen molar-refractivity contribution in [3.05, 3.63) is 0 Å². The van der Waals surface area contributed by atoms with Crippen molar-refractivity contribution in [2.45, 2.75) is 99.5 Å². The highest BCUT2D eigenvalue weighted by molar-refractivity contribution is 5.74. The first-order valence-corrected chi connectivity index (χ1v) is 11.1. The van der Waals surface area contributed by atoms with E-state index in [1.807, 2.05) is 20.8 Å². The van der Waals surface area contributed by atoms with Crippen molar-refractivity contribution in [1.82, 2.24) is 0 Å². The minimum atomic E-state index is -0.391. The molecule has 0 aromatic heterocycles. The molecular weight excluding hydrogens is 340 g/mol. The van der Waals surface area contributed by atoms with Crippen molar-refractivity contribution in [2.24, 2.45) is 29.1 Å². The first kappa shape index (κ1) is 24.0. The highest BCUT2D eigenvalue weighted by Gasteiger charge is 2.47. The Labute approximate surface area is 166 Å². The summed E-state index contributed by atoms with van der Waals surface area (Å²) in [6, 6.07) is 0. The zero-order valence-corrected chi connectivity index (χ0v) is 18.7. The summed E-state index contributed by atoms with van der Waals surface area (Å²) in [5, 5.41) is 0. The normalized spacial score (nSPS) is 27.1. The molecule has 5 atom stereocenters. The minimum absolute atomic E-state index is 0.00642. The summed E-state index contributed by atoms with van der Waals surface area (Å²) in [7, 11) is 0. The van der Waals surface area contributed by atoms with Gasteiger partial charge in [0.1, 0.15) is 6.10 Å². The van der Waals surface area contributed by atoms with Gasteiger partial charge in [-0.05, 0) is 31.1 Å². The number of hydrogen-bond donors (Lipinski definition) is 0. The second-order valence-electron chi connectivity index (χ2n) is 9.17. The van der Waals surface area contributed by atoms with Crippen LogP contribution in [0.1, 0.15) is 93.4 Å². The van der Waals surface area contributed by atoms with Crippen LogP contribution in [0.15, 0.2) is 0 Å². The van der Waals surface area contributed by atoms with Gasteiger partial charge in [0.2, 0.25) is 0 Å². The Morgan fingerprint density at radius 2 is 1.74 bits per heavy atom. The molecule has 1 saturated heterocycles. The van der Waals surface area contributed by atoms with E-state index in [4.69, 9.17) is 9.47 Å². The van der Waals surface area contributed by atoms with Gasteiger partial charge in [0.25, 0.3) is 0 Å². The molecule has 0 spiro atoms. The molecule has 0 bridgehead atoms. The number of hydrogen-bond acceptors (Lipinski definition) is 4. The lowest BCUT2D eigenvalue weighted by molar-refractivity contribution is -0.188. The van der Waals surface area contributed by atoms with Gasteiger partial charge in [0.15, 0.2) is 0 Å². The number of carbonyl (C=O) groups excluding carboxylic acids is 2. The van der Waals surface area contributed by atoms with E-state index in [0.29, 0.717) is 6.61 Å². The van der Waals surface area contributed by atoms with Crippen molar-refractivity contribution in [1.29, 1.82) is 0 Å². The second kappa shape index (κ2) is 11.1. The van der Waals surface area contributed by atoms with Gasteiger partial charge in [-0.3, -0.25) is 9.59 Å². The Bertz CT molecular complexity index is 471. The number of unbranched alkanes of at least 4 members (excludes halogenated alkanes) is 2. The van der Waals surface area contributed by atoms with E-state index in [0.717, 1.165) is 44.9 Å². The molecule has 158 valence electrons. The predicted molar refractivity (Wildman–Crippen MR) is 109 cm³/mol. The van der Waals surface area contributed by atoms with Gasteiger partial charge in [0.05, 0.1) is 18.4 Å². The number of cyclic esters (lactones) is 1. The van der Waals surface area contributed by atoms with E-state index < -0.39 is 5.41 Å². The molecule has 0 aromatic carbocycles. The molecule has 1 aliphatic rings. The molecular formula is C23H42O4. The third-order valence-electron chi connectivity index (χ3n) is 6.45. The monoisotopic (exact) mass is 382 g/mol. The zero-order valence-electron chi connectivity index (χ0n) is 18.7. The van der Waals surface area contributed by atoms with Crippen molar-refractivity contribution in [2.75, 3.05) is 6.61 Å². The van der Waals surface area contributed by atoms with E-state index in [1.165, 1.54) is 0 Å². The predicted octanol–water partition coefficient (Wildman–Crippen LogP) is 5.78. The van der Waals surface area contributed by atoms with Crippen LogP contribution < -0.4 is 0 Å². The molecule has 0 saturated carbocycles. The number of esters is 2. The summed E-state index contributed by atoms with van der Waals surface area (Å²) in [5.41, 5.74) is -0.391. The molecule has 1 aliphatic heterocycles. The van der Waals surface area contributed by atoms with Gasteiger partial charge in [0, 0.05) is 5.41 Å². The number of rotatable bonds is 11. The Morgan fingerprint density at radius 1 is 1.11 bits per heavy atom. The molecule has 0 radical (unpaired) electrons. The molecule has 4 nitrogen and oxygen atoms in total. The van der Waals surface area contributed by atoms with E-state index in [1.54, 1.807) is 0 Å². The van der Waals surface area contributed by atoms with Crippen LogP contribution in [-0.4, -0.2) is 24.6 Å². The van der Waals surface area contributed by atoms with Crippen LogP contribution in [0.4, 0.5) is 0 Å². The smallest absolute Gasteiger partial charge is 0.309 e. The van der Waals surface area contributed by atoms with Crippen molar-refractivity contribution < 1.29 is 19.1 Å². The maximum atomic E-state index is 12.6. The summed E-state index contributed by atoms with van der Waals surface area (Å²) in [5.74, 6) is 0.319. The average Bonchev–Trinajstić information content (AvgIpc) is 2.63. The third kappa shape index (κ3) is 6.50. The van der Waals surface area contributed by atoms with Gasteiger partial charge < -0.3 is 9.47 Å². The molecule has 0 N–H and O–H groups in total. The highest BCUT2D eigenvalue weighted by Crippen LogP contribution is 2.42. The standard InChI is InChI=1S/C23H42O4/c1-8-11-13-18(10-3)21(24)26-15-23(6,7)20-17(5)16(4)19(14-12-9-2)22(25)27-20/h16-20H,8-15H2,1-7H3. The summed E-state index contributed by atoms with van der Waals surface area (Å²) >= 11 is 0. The molecule has 0 aromatic rings. The summed E-state index contributed by atoms with van der Waals surface area (Å²) in [6.07, 6.45) is 6.65. The fourth-order valence-electron chi connectivity index (χ4n) is 4.25. The second-order valence-corrected chi connectivity index (χ2v) is 9.17. The first-order valence-electron chi connectivity index (χ1n) is 11.1. The van der Waals surface area contributed by atoms with Crippen LogP contribution in [-0.2, 0) is 19.1 Å². The number of ether oxygens (including phenoxy) is 2. The summed E-state index contributed by atoms with van der Waals surface area (Å²) < 4.78 is 11.6. The van der Waals surface area contributed by atoms with Crippen LogP contribution >= 0.6 is 0 Å². The molecule has 1 heterocycles. The van der Waals surface area contributed by atoms with Gasteiger partial charge in [-0.2, -0.15) is 0 Å². The Morgan fingerprint density at radius 3 is 2.30 bits per heavy atom. The van der Waals surface area contributed by atoms with Gasteiger partial charge in [-0.25, -0.2) is 0 Å². The van der Waals surface area contributed by atoms with Crippen LogP contribution in [0.25, 0.3) is 0 Å². The van der Waals surface area contributed by atoms with Crippen LogP contribution in [0.2, 0.25) is 0 Å². The lowest BCUT2D eigenvalue weighted by Gasteiger charge is -2.45. The minimum Gasteiger partial charge on any atom is -0.465 e. The first-order chi connectivity index (χ1) is 12.7. The Kier molecular flexibility index (Phi) is 9.83. The maximum Gasteiger partial charge on any atom is 0.309 e. The molecule has 4 heteroatoms. The van der Waals surface area contributed by atoms with Crippen LogP contribution in [0.5, 0.6) is 0 Å². The number of carbonyl (C=O) groups is 2. The summed E-state index contributed by atoms with van der Waals surface area (Å²) in [6.45, 7) is 15.0. The largest absolute Gasteiger partial charge is 0.465 e. The van der Waals surface area contributed by atoms with Crippen LogP contribution in [0.3, 0.4) is 0 Å². The Balaban J connectivity index is 2.71. The van der Waals surface area contributed by atoms with Gasteiger partial charge >= 0.3 is 11.9 Å².